The molecule has 0 aliphatic carbocycles. The van der Waals surface area contributed by atoms with Gasteiger partial charge in [0, 0.05) is 16.6 Å². The third-order valence-corrected chi connectivity index (χ3v) is 5.28. The lowest BCUT2D eigenvalue weighted by molar-refractivity contribution is 0.346. The first-order valence-corrected chi connectivity index (χ1v) is 7.20. The van der Waals surface area contributed by atoms with E-state index in [2.05, 4.69) is 60.1 Å². The summed E-state index contributed by atoms with van der Waals surface area (Å²) in [6.07, 6.45) is 5.18. The third kappa shape index (κ3) is 2.66. The molecule has 0 N–H and O–H groups in total. The number of halogens is 1. The summed E-state index contributed by atoms with van der Waals surface area (Å²) >= 11 is 3.80. The first-order chi connectivity index (χ1) is 8.54. The van der Waals surface area contributed by atoms with Gasteiger partial charge in [-0.2, -0.15) is 5.10 Å². The van der Waals surface area contributed by atoms with Crippen LogP contribution in [0.1, 0.15) is 37.6 Å². The highest BCUT2D eigenvalue weighted by Crippen LogP contribution is 2.42. The molecule has 0 saturated heterocycles. The van der Waals surface area contributed by atoms with E-state index >= 15 is 0 Å². The number of nitrogens with zero attached hydrogens (tertiary/aromatic N) is 2. The van der Waals surface area contributed by atoms with Crippen molar-refractivity contribution in [3.63, 3.8) is 0 Å². The molecule has 2 rings (SSSR count). The minimum absolute atomic E-state index is 0.227. The second-order valence-electron chi connectivity index (χ2n) is 5.26. The maximum Gasteiger partial charge on any atom is 0.0645 e. The minimum atomic E-state index is 0.227. The fourth-order valence-corrected chi connectivity index (χ4v) is 2.38. The van der Waals surface area contributed by atoms with Crippen LogP contribution < -0.4 is 0 Å². The summed E-state index contributed by atoms with van der Waals surface area (Å²) in [4.78, 5) is 0.326. The molecule has 3 heteroatoms. The van der Waals surface area contributed by atoms with Crippen molar-refractivity contribution < 1.29 is 0 Å². The topological polar surface area (TPSA) is 17.8 Å². The van der Waals surface area contributed by atoms with Crippen LogP contribution in [0.5, 0.6) is 0 Å². The second-order valence-corrected chi connectivity index (χ2v) is 6.17. The van der Waals surface area contributed by atoms with Crippen molar-refractivity contribution in [2.45, 2.75) is 32.0 Å². The molecule has 2 aromatic rings. The molecular formula is C15H19BrN2. The van der Waals surface area contributed by atoms with E-state index in [0.717, 1.165) is 12.1 Å². The highest BCUT2D eigenvalue weighted by molar-refractivity contribution is 9.09. The molecule has 2 nitrogen and oxygen atoms in total. The zero-order chi connectivity index (χ0) is 13.2. The van der Waals surface area contributed by atoms with Crippen molar-refractivity contribution >= 4 is 15.9 Å². The first-order valence-electron chi connectivity index (χ1n) is 6.28. The molecule has 1 atom stereocenters. The lowest BCUT2D eigenvalue weighted by Crippen LogP contribution is -2.16. The van der Waals surface area contributed by atoms with Gasteiger partial charge in [-0.15, -0.1) is 0 Å². The first kappa shape index (κ1) is 13.3. The molecule has 0 amide bonds. The Labute approximate surface area is 117 Å². The second kappa shape index (κ2) is 5.27. The lowest BCUT2D eigenvalue weighted by Gasteiger charge is -2.28. The molecule has 0 aliphatic rings. The fourth-order valence-electron chi connectivity index (χ4n) is 1.82. The Morgan fingerprint density at radius 3 is 2.56 bits per heavy atom. The summed E-state index contributed by atoms with van der Waals surface area (Å²) in [5, 5.41) is 4.44. The van der Waals surface area contributed by atoms with Gasteiger partial charge < -0.3 is 0 Å². The van der Waals surface area contributed by atoms with Gasteiger partial charge in [0.1, 0.15) is 0 Å². The highest BCUT2D eigenvalue weighted by atomic mass is 79.9. The van der Waals surface area contributed by atoms with Crippen molar-refractivity contribution in [2.75, 3.05) is 0 Å². The molecule has 0 aliphatic heterocycles. The summed E-state index contributed by atoms with van der Waals surface area (Å²) in [6, 6.07) is 10.2. The van der Waals surface area contributed by atoms with E-state index in [4.69, 9.17) is 0 Å². The predicted molar refractivity (Wildman–Crippen MR) is 79.3 cm³/mol. The Bertz CT molecular complexity index is 502. The van der Waals surface area contributed by atoms with E-state index in [-0.39, 0.29) is 5.41 Å². The minimum Gasteiger partial charge on any atom is -0.241 e. The van der Waals surface area contributed by atoms with Gasteiger partial charge in [-0.1, -0.05) is 54.9 Å². The van der Waals surface area contributed by atoms with Crippen LogP contribution in [-0.2, 0) is 0 Å². The van der Waals surface area contributed by atoms with Crippen molar-refractivity contribution in [1.29, 1.82) is 0 Å². The number of alkyl halides is 1. The number of hydrogen-bond donors (Lipinski definition) is 0. The molecule has 0 spiro atoms. The Morgan fingerprint density at radius 1 is 1.28 bits per heavy atom. The summed E-state index contributed by atoms with van der Waals surface area (Å²) in [5.74, 6) is 0. The van der Waals surface area contributed by atoms with Gasteiger partial charge >= 0.3 is 0 Å². The molecule has 1 aromatic heterocycles. The van der Waals surface area contributed by atoms with E-state index < -0.39 is 0 Å². The lowest BCUT2D eigenvalue weighted by atomic mass is 9.84. The van der Waals surface area contributed by atoms with Crippen LogP contribution in [0.25, 0.3) is 5.69 Å². The molecule has 96 valence electrons. The monoisotopic (exact) mass is 306 g/mol. The number of rotatable bonds is 4. The largest absolute Gasteiger partial charge is 0.241 e. The smallest absolute Gasteiger partial charge is 0.0645 e. The van der Waals surface area contributed by atoms with E-state index in [1.54, 1.807) is 0 Å². The van der Waals surface area contributed by atoms with Crippen molar-refractivity contribution in [3.05, 3.63) is 48.3 Å². The van der Waals surface area contributed by atoms with Gasteiger partial charge in [-0.25, -0.2) is 4.68 Å². The van der Waals surface area contributed by atoms with Crippen LogP contribution in [0.2, 0.25) is 0 Å². The fraction of sp³-hybridized carbons (Fsp3) is 0.400. The summed E-state index contributed by atoms with van der Waals surface area (Å²) in [5.41, 5.74) is 2.55. The van der Waals surface area contributed by atoms with Crippen molar-refractivity contribution in [3.8, 4) is 5.69 Å². The summed E-state index contributed by atoms with van der Waals surface area (Å²) < 4.78 is 1.93. The van der Waals surface area contributed by atoms with E-state index in [9.17, 15) is 0 Å². The van der Waals surface area contributed by atoms with E-state index in [0.29, 0.717) is 4.83 Å². The summed E-state index contributed by atoms with van der Waals surface area (Å²) in [7, 11) is 0. The van der Waals surface area contributed by atoms with Crippen molar-refractivity contribution in [2.24, 2.45) is 5.41 Å². The maximum absolute atomic E-state index is 4.44. The number of aromatic nitrogens is 2. The maximum atomic E-state index is 4.44. The van der Waals surface area contributed by atoms with Gasteiger partial charge in [-0.05, 0) is 24.0 Å². The van der Waals surface area contributed by atoms with Gasteiger partial charge in [0.05, 0.1) is 11.9 Å². The van der Waals surface area contributed by atoms with Crippen LogP contribution in [0, 0.1) is 5.41 Å². The number of hydrogen-bond acceptors (Lipinski definition) is 1. The molecule has 0 bridgehead atoms. The Balaban J connectivity index is 2.26. The zero-order valence-corrected chi connectivity index (χ0v) is 12.7. The predicted octanol–water partition coefficient (Wildman–Crippen LogP) is 4.74. The molecule has 18 heavy (non-hydrogen) atoms. The van der Waals surface area contributed by atoms with Crippen molar-refractivity contribution in [1.82, 2.24) is 9.78 Å². The standard InChI is InChI=1S/C15H19BrN2/c1-4-15(2,3)14(16)12-10-17-18(11-12)13-8-6-5-7-9-13/h5-11,14H,4H2,1-3H3. The zero-order valence-electron chi connectivity index (χ0n) is 11.1. The van der Waals surface area contributed by atoms with Crippen LogP contribution >= 0.6 is 15.9 Å². The Hall–Kier alpha value is -1.09. The highest BCUT2D eigenvalue weighted by Gasteiger charge is 2.27. The Kier molecular flexibility index (Phi) is 3.91. The quantitative estimate of drug-likeness (QED) is 0.746. The van der Waals surface area contributed by atoms with Gasteiger partial charge in [0.25, 0.3) is 0 Å². The summed E-state index contributed by atoms with van der Waals surface area (Å²) in [6.45, 7) is 6.76. The van der Waals surface area contributed by atoms with Crippen LogP contribution in [0.3, 0.4) is 0 Å². The van der Waals surface area contributed by atoms with Gasteiger partial charge in [0.15, 0.2) is 0 Å². The normalized spacial score (nSPS) is 13.6. The van der Waals surface area contributed by atoms with E-state index in [1.807, 2.05) is 29.1 Å². The van der Waals surface area contributed by atoms with E-state index in [1.165, 1.54) is 5.56 Å². The van der Waals surface area contributed by atoms with Gasteiger partial charge in [-0.3, -0.25) is 0 Å². The third-order valence-electron chi connectivity index (χ3n) is 3.51. The molecule has 1 unspecified atom stereocenters. The average Bonchev–Trinajstić information content (AvgIpc) is 2.88. The molecular weight excluding hydrogens is 288 g/mol. The number of benzene rings is 1. The average molecular weight is 307 g/mol. The van der Waals surface area contributed by atoms with Crippen LogP contribution in [-0.4, -0.2) is 9.78 Å². The molecule has 0 saturated carbocycles. The molecule has 0 radical (unpaired) electrons. The Morgan fingerprint density at radius 2 is 1.94 bits per heavy atom. The molecule has 1 aromatic carbocycles. The SMILES string of the molecule is CCC(C)(C)C(Br)c1cnn(-c2ccccc2)c1. The van der Waals surface area contributed by atoms with Gasteiger partial charge in [0.2, 0.25) is 0 Å². The molecule has 1 heterocycles. The van der Waals surface area contributed by atoms with Crippen LogP contribution in [0.15, 0.2) is 42.7 Å². The van der Waals surface area contributed by atoms with Crippen LogP contribution in [0.4, 0.5) is 0 Å². The molecule has 0 fully saturated rings. The number of para-hydroxylation sites is 1.